The molecule has 1 aliphatic heterocycles. The minimum Gasteiger partial charge on any atom is -0.497 e. The summed E-state index contributed by atoms with van der Waals surface area (Å²) >= 11 is 0. The molecule has 3 rings (SSSR count). The van der Waals surface area contributed by atoms with Crippen molar-refractivity contribution in [1.82, 2.24) is 15.2 Å². The third-order valence-electron chi connectivity index (χ3n) is 4.81. The van der Waals surface area contributed by atoms with Crippen molar-refractivity contribution in [3.05, 3.63) is 59.7 Å². The van der Waals surface area contributed by atoms with Crippen LogP contribution in [0.4, 0.5) is 4.39 Å². The van der Waals surface area contributed by atoms with Crippen LogP contribution in [-0.2, 0) is 17.9 Å². The Morgan fingerprint density at radius 2 is 2.11 bits per heavy atom. The van der Waals surface area contributed by atoms with E-state index in [2.05, 4.69) is 10.3 Å². The number of amides is 1. The zero-order chi connectivity index (χ0) is 19.3. The predicted molar refractivity (Wildman–Crippen MR) is 98.5 cm³/mol. The van der Waals surface area contributed by atoms with E-state index in [1.165, 1.54) is 24.1 Å². The standard InChI is InChI=1S/C20H24FN3O3/c1-27-17-3-4-18(21)16(11-17)13-24-10-2-7-20(26,19(24)25)14-23-12-15-5-8-22-9-6-15/h3-6,8-9,11,23,26H,2,7,10,12-14H2,1H3. The summed E-state index contributed by atoms with van der Waals surface area (Å²) in [6.07, 6.45) is 4.43. The minimum atomic E-state index is -1.49. The Labute approximate surface area is 158 Å². The molecule has 144 valence electrons. The largest absolute Gasteiger partial charge is 0.497 e. The number of aromatic nitrogens is 1. The first-order valence-corrected chi connectivity index (χ1v) is 8.95. The van der Waals surface area contributed by atoms with E-state index in [1.54, 1.807) is 18.5 Å². The van der Waals surface area contributed by atoms with Crippen molar-refractivity contribution in [2.45, 2.75) is 31.5 Å². The van der Waals surface area contributed by atoms with Crippen LogP contribution in [0.25, 0.3) is 0 Å². The molecular weight excluding hydrogens is 349 g/mol. The summed E-state index contributed by atoms with van der Waals surface area (Å²) < 4.78 is 19.2. The quantitative estimate of drug-likeness (QED) is 0.775. The number of methoxy groups -OCH3 is 1. The number of nitrogens with one attached hydrogen (secondary N) is 1. The second kappa shape index (κ2) is 8.45. The normalized spacial score (nSPS) is 20.0. The van der Waals surface area contributed by atoms with Crippen LogP contribution in [0, 0.1) is 5.82 Å². The van der Waals surface area contributed by atoms with E-state index in [-0.39, 0.29) is 19.0 Å². The van der Waals surface area contributed by atoms with E-state index in [0.717, 1.165) is 5.56 Å². The second-order valence-corrected chi connectivity index (χ2v) is 6.78. The van der Waals surface area contributed by atoms with Crippen LogP contribution in [0.3, 0.4) is 0 Å². The fraction of sp³-hybridized carbons (Fsp3) is 0.400. The fourth-order valence-corrected chi connectivity index (χ4v) is 3.30. The molecule has 1 saturated heterocycles. The maximum absolute atomic E-state index is 14.1. The Bertz CT molecular complexity index is 787. The number of likely N-dealkylation sites (tertiary alicyclic amines) is 1. The lowest BCUT2D eigenvalue weighted by Crippen LogP contribution is -2.57. The van der Waals surface area contributed by atoms with Crippen molar-refractivity contribution in [2.75, 3.05) is 20.2 Å². The molecular formula is C20H24FN3O3. The Balaban J connectivity index is 1.64. The Morgan fingerprint density at radius 1 is 1.33 bits per heavy atom. The number of carbonyl (C=O) groups excluding carboxylic acids is 1. The Hall–Kier alpha value is -2.51. The maximum Gasteiger partial charge on any atom is 0.256 e. The molecule has 1 unspecified atom stereocenters. The van der Waals surface area contributed by atoms with E-state index in [1.807, 2.05) is 12.1 Å². The SMILES string of the molecule is COc1ccc(F)c(CN2CCCC(O)(CNCc3ccncc3)C2=O)c1. The lowest BCUT2D eigenvalue weighted by atomic mass is 9.91. The molecule has 2 aromatic rings. The fourth-order valence-electron chi connectivity index (χ4n) is 3.30. The number of carbonyl (C=O) groups is 1. The number of ether oxygens (including phenoxy) is 1. The smallest absolute Gasteiger partial charge is 0.256 e. The van der Waals surface area contributed by atoms with Gasteiger partial charge in [-0.3, -0.25) is 9.78 Å². The molecule has 27 heavy (non-hydrogen) atoms. The minimum absolute atomic E-state index is 0.106. The van der Waals surface area contributed by atoms with Gasteiger partial charge in [-0.15, -0.1) is 0 Å². The number of hydrogen-bond donors (Lipinski definition) is 2. The predicted octanol–water partition coefficient (Wildman–Crippen LogP) is 1.87. The topological polar surface area (TPSA) is 74.7 Å². The Kier molecular flexibility index (Phi) is 6.03. The summed E-state index contributed by atoms with van der Waals surface area (Å²) in [5, 5.41) is 14.0. The van der Waals surface area contributed by atoms with E-state index in [0.29, 0.717) is 37.2 Å². The molecule has 0 radical (unpaired) electrons. The van der Waals surface area contributed by atoms with Gasteiger partial charge in [0.1, 0.15) is 11.6 Å². The number of halogens is 1. The lowest BCUT2D eigenvalue weighted by molar-refractivity contribution is -0.157. The molecule has 1 aromatic carbocycles. The zero-order valence-electron chi connectivity index (χ0n) is 15.3. The first kappa shape index (κ1) is 19.3. The van der Waals surface area contributed by atoms with Gasteiger partial charge in [-0.1, -0.05) is 0 Å². The van der Waals surface area contributed by atoms with Crippen molar-refractivity contribution >= 4 is 5.91 Å². The summed E-state index contributed by atoms with van der Waals surface area (Å²) in [5.74, 6) is -0.239. The molecule has 1 aromatic heterocycles. The first-order valence-electron chi connectivity index (χ1n) is 8.95. The number of benzene rings is 1. The highest BCUT2D eigenvalue weighted by atomic mass is 19.1. The highest BCUT2D eigenvalue weighted by Crippen LogP contribution is 2.25. The van der Waals surface area contributed by atoms with Crippen molar-refractivity contribution in [2.24, 2.45) is 0 Å². The average Bonchev–Trinajstić information content (AvgIpc) is 2.68. The van der Waals surface area contributed by atoms with E-state index in [9.17, 15) is 14.3 Å². The van der Waals surface area contributed by atoms with Gasteiger partial charge >= 0.3 is 0 Å². The van der Waals surface area contributed by atoms with Crippen LogP contribution in [-0.4, -0.2) is 46.7 Å². The summed E-state index contributed by atoms with van der Waals surface area (Å²) in [6, 6.07) is 8.19. The lowest BCUT2D eigenvalue weighted by Gasteiger charge is -2.38. The van der Waals surface area contributed by atoms with Gasteiger partial charge in [0.15, 0.2) is 5.60 Å². The van der Waals surface area contributed by atoms with Gasteiger partial charge < -0.3 is 20.1 Å². The van der Waals surface area contributed by atoms with Crippen LogP contribution in [0.2, 0.25) is 0 Å². The van der Waals surface area contributed by atoms with Crippen LogP contribution >= 0.6 is 0 Å². The summed E-state index contributed by atoms with van der Waals surface area (Å²) in [6.45, 7) is 1.27. The van der Waals surface area contributed by atoms with Gasteiger partial charge in [-0.25, -0.2) is 4.39 Å². The van der Waals surface area contributed by atoms with Gasteiger partial charge in [0.2, 0.25) is 0 Å². The number of aliphatic hydroxyl groups is 1. The van der Waals surface area contributed by atoms with E-state index in [4.69, 9.17) is 4.74 Å². The molecule has 1 aliphatic rings. The van der Waals surface area contributed by atoms with Crippen molar-refractivity contribution in [1.29, 1.82) is 0 Å². The van der Waals surface area contributed by atoms with Crippen molar-refractivity contribution in [3.8, 4) is 5.75 Å². The van der Waals surface area contributed by atoms with Crippen LogP contribution in [0.5, 0.6) is 5.75 Å². The molecule has 0 bridgehead atoms. The van der Waals surface area contributed by atoms with Crippen molar-refractivity contribution in [3.63, 3.8) is 0 Å². The molecule has 1 fully saturated rings. The van der Waals surface area contributed by atoms with Gasteiger partial charge in [0.05, 0.1) is 7.11 Å². The molecule has 2 N–H and O–H groups in total. The maximum atomic E-state index is 14.1. The summed E-state index contributed by atoms with van der Waals surface area (Å²) in [7, 11) is 1.51. The molecule has 2 heterocycles. The third-order valence-corrected chi connectivity index (χ3v) is 4.81. The highest BCUT2D eigenvalue weighted by molar-refractivity contribution is 5.86. The molecule has 0 saturated carbocycles. The molecule has 0 aliphatic carbocycles. The number of rotatable bonds is 7. The second-order valence-electron chi connectivity index (χ2n) is 6.78. The van der Waals surface area contributed by atoms with E-state index >= 15 is 0 Å². The summed E-state index contributed by atoms with van der Waals surface area (Å²) in [5.41, 5.74) is -0.0930. The van der Waals surface area contributed by atoms with E-state index < -0.39 is 11.4 Å². The van der Waals surface area contributed by atoms with Crippen molar-refractivity contribution < 1.29 is 19.0 Å². The van der Waals surface area contributed by atoms with Crippen LogP contribution < -0.4 is 10.1 Å². The average molecular weight is 373 g/mol. The molecule has 1 amide bonds. The Morgan fingerprint density at radius 3 is 2.85 bits per heavy atom. The van der Waals surface area contributed by atoms with Crippen LogP contribution in [0.1, 0.15) is 24.0 Å². The van der Waals surface area contributed by atoms with Gasteiger partial charge in [-0.2, -0.15) is 0 Å². The van der Waals surface area contributed by atoms with Gasteiger partial charge in [-0.05, 0) is 48.7 Å². The molecule has 7 heteroatoms. The zero-order valence-corrected chi connectivity index (χ0v) is 15.3. The van der Waals surface area contributed by atoms with Crippen LogP contribution in [0.15, 0.2) is 42.7 Å². The number of hydrogen-bond acceptors (Lipinski definition) is 5. The molecule has 1 atom stereocenters. The van der Waals surface area contributed by atoms with Gasteiger partial charge in [0, 0.05) is 44.1 Å². The monoisotopic (exact) mass is 373 g/mol. The molecule has 6 nitrogen and oxygen atoms in total. The first-order chi connectivity index (χ1) is 13.0. The number of pyridine rings is 1. The summed E-state index contributed by atoms with van der Waals surface area (Å²) in [4.78, 5) is 18.3. The number of nitrogens with zero attached hydrogens (tertiary/aromatic N) is 2. The highest BCUT2D eigenvalue weighted by Gasteiger charge is 2.41. The third kappa shape index (κ3) is 4.61. The van der Waals surface area contributed by atoms with Gasteiger partial charge in [0.25, 0.3) is 5.91 Å². The number of piperidine rings is 1. The molecule has 0 spiro atoms.